The summed E-state index contributed by atoms with van der Waals surface area (Å²) in [6.07, 6.45) is 2.20. The van der Waals surface area contributed by atoms with Gasteiger partial charge in [0, 0.05) is 23.8 Å². The molecule has 0 aromatic heterocycles. The van der Waals surface area contributed by atoms with Crippen molar-refractivity contribution in [1.29, 1.82) is 0 Å². The largest absolute Gasteiger partial charge is 0.327 e. The summed E-state index contributed by atoms with van der Waals surface area (Å²) in [6.45, 7) is 3.63. The Morgan fingerprint density at radius 1 is 1.33 bits per heavy atom. The van der Waals surface area contributed by atoms with Crippen LogP contribution in [0.3, 0.4) is 0 Å². The fourth-order valence-electron chi connectivity index (χ4n) is 2.15. The number of anilines is 2. The molecule has 2 unspecified atom stereocenters. The smallest absolute Gasteiger partial charge is 0.228 e. The van der Waals surface area contributed by atoms with Crippen LogP contribution in [0.4, 0.5) is 11.4 Å². The lowest BCUT2D eigenvalue weighted by atomic mass is 10.0. The molecular formula is C15H22ClN3O2. The van der Waals surface area contributed by atoms with Gasteiger partial charge in [0.25, 0.3) is 0 Å². The molecular weight excluding hydrogens is 290 g/mol. The fraction of sp³-hybridized carbons (Fsp3) is 0.467. The van der Waals surface area contributed by atoms with E-state index in [4.69, 9.17) is 5.73 Å². The minimum atomic E-state index is -0.242. The van der Waals surface area contributed by atoms with Gasteiger partial charge in [0.2, 0.25) is 11.8 Å². The Hall–Kier alpha value is -1.59. The number of benzene rings is 1. The molecule has 1 aliphatic rings. The summed E-state index contributed by atoms with van der Waals surface area (Å²) in [4.78, 5) is 23.5. The van der Waals surface area contributed by atoms with Gasteiger partial charge in [-0.1, -0.05) is 6.92 Å². The number of fused-ring (bicyclic) bond motifs is 1. The van der Waals surface area contributed by atoms with Crippen LogP contribution in [0.15, 0.2) is 18.2 Å². The maximum absolute atomic E-state index is 12.0. The standard InChI is InChI=1S/C15H21N3O2.ClH/c1-9(10(2)16)15(20)17-12-6-7-13-11(8-12)4-3-5-14(19)18-13;/h6-10H,3-5,16H2,1-2H3,(H,17,20)(H,18,19);1H. The lowest BCUT2D eigenvalue weighted by Gasteiger charge is -2.16. The van der Waals surface area contributed by atoms with Gasteiger partial charge in [-0.3, -0.25) is 9.59 Å². The third-order valence-corrected chi connectivity index (χ3v) is 3.70. The number of hydrogen-bond acceptors (Lipinski definition) is 3. The molecule has 1 aromatic carbocycles. The molecule has 21 heavy (non-hydrogen) atoms. The summed E-state index contributed by atoms with van der Waals surface area (Å²) in [7, 11) is 0. The second-order valence-electron chi connectivity index (χ2n) is 5.41. The van der Waals surface area contributed by atoms with Gasteiger partial charge in [-0.25, -0.2) is 0 Å². The molecule has 5 nitrogen and oxygen atoms in total. The Bertz CT molecular complexity index is 532. The van der Waals surface area contributed by atoms with Gasteiger partial charge in [0.1, 0.15) is 0 Å². The summed E-state index contributed by atoms with van der Waals surface area (Å²) < 4.78 is 0. The Balaban J connectivity index is 0.00000220. The van der Waals surface area contributed by atoms with Gasteiger partial charge in [0.05, 0.1) is 5.92 Å². The van der Waals surface area contributed by atoms with Crippen LogP contribution in [0.25, 0.3) is 0 Å². The second-order valence-corrected chi connectivity index (χ2v) is 5.41. The molecule has 0 radical (unpaired) electrons. The molecule has 1 heterocycles. The van der Waals surface area contributed by atoms with Crippen molar-refractivity contribution in [3.05, 3.63) is 23.8 Å². The van der Waals surface area contributed by atoms with Crippen LogP contribution in [-0.2, 0) is 16.0 Å². The van der Waals surface area contributed by atoms with Crippen LogP contribution >= 0.6 is 12.4 Å². The first-order chi connectivity index (χ1) is 9.47. The van der Waals surface area contributed by atoms with E-state index in [9.17, 15) is 9.59 Å². The highest BCUT2D eigenvalue weighted by Gasteiger charge is 2.18. The number of rotatable bonds is 3. The van der Waals surface area contributed by atoms with Crippen molar-refractivity contribution in [3.8, 4) is 0 Å². The summed E-state index contributed by atoms with van der Waals surface area (Å²) in [5.41, 5.74) is 8.37. The molecule has 0 saturated heterocycles. The van der Waals surface area contributed by atoms with E-state index >= 15 is 0 Å². The third kappa shape index (κ3) is 4.44. The Morgan fingerprint density at radius 2 is 2.05 bits per heavy atom. The maximum Gasteiger partial charge on any atom is 0.228 e. The molecule has 0 spiro atoms. The first kappa shape index (κ1) is 17.5. The van der Waals surface area contributed by atoms with Crippen molar-refractivity contribution >= 4 is 35.6 Å². The summed E-state index contributed by atoms with van der Waals surface area (Å²) in [5, 5.41) is 5.75. The van der Waals surface area contributed by atoms with E-state index in [1.807, 2.05) is 26.0 Å². The van der Waals surface area contributed by atoms with Crippen LogP contribution in [0.5, 0.6) is 0 Å². The fourth-order valence-corrected chi connectivity index (χ4v) is 2.15. The van der Waals surface area contributed by atoms with Crippen molar-refractivity contribution in [2.45, 2.75) is 39.2 Å². The van der Waals surface area contributed by atoms with Crippen molar-refractivity contribution in [3.63, 3.8) is 0 Å². The van der Waals surface area contributed by atoms with E-state index in [2.05, 4.69) is 10.6 Å². The highest BCUT2D eigenvalue weighted by atomic mass is 35.5. The zero-order chi connectivity index (χ0) is 14.7. The summed E-state index contributed by atoms with van der Waals surface area (Å²) in [6, 6.07) is 5.38. The minimum Gasteiger partial charge on any atom is -0.327 e. The van der Waals surface area contributed by atoms with E-state index in [1.54, 1.807) is 6.07 Å². The number of amides is 2. The highest BCUT2D eigenvalue weighted by molar-refractivity contribution is 5.95. The molecule has 116 valence electrons. The first-order valence-corrected chi connectivity index (χ1v) is 6.96. The molecule has 1 aliphatic heterocycles. The SMILES string of the molecule is CC(N)C(C)C(=O)Nc1ccc2c(c1)CCCC(=O)N2.Cl. The first-order valence-electron chi connectivity index (χ1n) is 6.96. The minimum absolute atomic E-state index is 0. The normalized spacial score (nSPS) is 16.6. The number of nitrogens with two attached hydrogens (primary N) is 1. The lowest BCUT2D eigenvalue weighted by molar-refractivity contribution is -0.120. The van der Waals surface area contributed by atoms with Crippen molar-refractivity contribution in [2.24, 2.45) is 11.7 Å². The van der Waals surface area contributed by atoms with Crippen LogP contribution < -0.4 is 16.4 Å². The van der Waals surface area contributed by atoms with E-state index < -0.39 is 0 Å². The Kier molecular flexibility index (Phi) is 6.18. The van der Waals surface area contributed by atoms with Crippen LogP contribution in [-0.4, -0.2) is 17.9 Å². The Labute approximate surface area is 131 Å². The van der Waals surface area contributed by atoms with Gasteiger partial charge < -0.3 is 16.4 Å². The molecule has 2 rings (SSSR count). The third-order valence-electron chi connectivity index (χ3n) is 3.70. The molecule has 0 aliphatic carbocycles. The highest BCUT2D eigenvalue weighted by Crippen LogP contribution is 2.25. The average Bonchev–Trinajstić information content (AvgIpc) is 2.58. The number of hydrogen-bond donors (Lipinski definition) is 3. The average molecular weight is 312 g/mol. The number of carbonyl (C=O) groups is 2. The van der Waals surface area contributed by atoms with Gasteiger partial charge in [-0.15, -0.1) is 12.4 Å². The maximum atomic E-state index is 12.0. The molecule has 4 N–H and O–H groups in total. The number of nitrogens with one attached hydrogen (secondary N) is 2. The molecule has 6 heteroatoms. The van der Waals surface area contributed by atoms with E-state index in [1.165, 1.54) is 0 Å². The van der Waals surface area contributed by atoms with Gasteiger partial charge in [0.15, 0.2) is 0 Å². The molecule has 0 saturated carbocycles. The lowest BCUT2D eigenvalue weighted by Crippen LogP contribution is -2.34. The van der Waals surface area contributed by atoms with Crippen molar-refractivity contribution < 1.29 is 9.59 Å². The number of carbonyl (C=O) groups excluding carboxylic acids is 2. The van der Waals surface area contributed by atoms with Crippen molar-refractivity contribution in [2.75, 3.05) is 10.6 Å². The number of aryl methyl sites for hydroxylation is 1. The molecule has 0 bridgehead atoms. The van der Waals surface area contributed by atoms with Crippen LogP contribution in [0.1, 0.15) is 32.3 Å². The van der Waals surface area contributed by atoms with Gasteiger partial charge in [-0.2, -0.15) is 0 Å². The summed E-state index contributed by atoms with van der Waals surface area (Å²) in [5.74, 6) is -0.280. The zero-order valence-corrected chi connectivity index (χ0v) is 13.1. The zero-order valence-electron chi connectivity index (χ0n) is 12.3. The van der Waals surface area contributed by atoms with E-state index in [0.717, 1.165) is 29.8 Å². The topological polar surface area (TPSA) is 84.2 Å². The van der Waals surface area contributed by atoms with Gasteiger partial charge >= 0.3 is 0 Å². The Morgan fingerprint density at radius 3 is 2.71 bits per heavy atom. The van der Waals surface area contributed by atoms with Crippen LogP contribution in [0, 0.1) is 5.92 Å². The number of halogens is 1. The molecule has 2 atom stereocenters. The van der Waals surface area contributed by atoms with E-state index in [0.29, 0.717) is 6.42 Å². The predicted octanol–water partition coefficient (Wildman–Crippen LogP) is 2.31. The van der Waals surface area contributed by atoms with Crippen molar-refractivity contribution in [1.82, 2.24) is 0 Å². The molecule has 2 amide bonds. The second kappa shape index (κ2) is 7.43. The molecule has 0 fully saturated rings. The molecule has 1 aromatic rings. The van der Waals surface area contributed by atoms with Crippen LogP contribution in [0.2, 0.25) is 0 Å². The van der Waals surface area contributed by atoms with E-state index in [-0.39, 0.29) is 36.2 Å². The monoisotopic (exact) mass is 311 g/mol. The predicted molar refractivity (Wildman–Crippen MR) is 86.7 cm³/mol. The quantitative estimate of drug-likeness (QED) is 0.801. The van der Waals surface area contributed by atoms with Gasteiger partial charge in [-0.05, 0) is 43.5 Å². The summed E-state index contributed by atoms with van der Waals surface area (Å²) >= 11 is 0.